The molecule has 0 saturated heterocycles. The molecule has 0 aromatic heterocycles. The summed E-state index contributed by atoms with van der Waals surface area (Å²) in [6.45, 7) is 2.83. The van der Waals surface area contributed by atoms with Crippen LogP contribution in [0.15, 0.2) is 48.5 Å². The third kappa shape index (κ3) is 5.38. The Morgan fingerprint density at radius 1 is 1.19 bits per heavy atom. The van der Waals surface area contributed by atoms with Gasteiger partial charge in [-0.15, -0.1) is 0 Å². The number of hydrogen-bond acceptors (Lipinski definition) is 3. The zero-order valence-corrected chi connectivity index (χ0v) is 16.6. The van der Waals surface area contributed by atoms with Crippen LogP contribution in [0, 0.1) is 0 Å². The number of carbonyl (C=O) groups is 1. The standard InChI is InChI=1S/C20H27N3O2.ClH/c1-5-19(22-20(24)16-9-7-6-8-10-16)23(2,3)14-15-11-12-18(25-4)17(21)13-15;/h6-13,19H,5,14,21H2,1-4H3;1H. The number of amides is 1. The summed E-state index contributed by atoms with van der Waals surface area (Å²) in [5.74, 6) is 0.631. The summed E-state index contributed by atoms with van der Waals surface area (Å²) in [6, 6.07) is 15.1. The number of anilines is 1. The Labute approximate surface area is 162 Å². The second-order valence-electron chi connectivity index (χ2n) is 6.78. The van der Waals surface area contributed by atoms with Crippen molar-refractivity contribution in [1.29, 1.82) is 0 Å². The topological polar surface area (TPSA) is 64.3 Å². The van der Waals surface area contributed by atoms with Crippen LogP contribution in [-0.4, -0.2) is 37.8 Å². The number of nitrogens with one attached hydrogen (secondary N) is 1. The minimum atomic E-state index is -0.0482. The number of rotatable bonds is 7. The van der Waals surface area contributed by atoms with E-state index in [4.69, 9.17) is 10.5 Å². The molecule has 3 N–H and O–H groups in total. The number of nitrogens with zero attached hydrogens (tertiary/aromatic N) is 1. The van der Waals surface area contributed by atoms with Gasteiger partial charge in [0.15, 0.2) is 6.17 Å². The Hall–Kier alpha value is -2.24. The molecule has 0 aliphatic rings. The van der Waals surface area contributed by atoms with E-state index in [1.165, 1.54) is 0 Å². The van der Waals surface area contributed by atoms with Crippen molar-refractivity contribution in [2.75, 3.05) is 26.9 Å². The summed E-state index contributed by atoms with van der Waals surface area (Å²) in [5, 5.41) is 3.16. The third-order valence-electron chi connectivity index (χ3n) is 4.45. The minimum absolute atomic E-state index is 0. The highest BCUT2D eigenvalue weighted by atomic mass is 35.5. The van der Waals surface area contributed by atoms with E-state index in [0.29, 0.717) is 21.5 Å². The molecule has 2 aromatic carbocycles. The van der Waals surface area contributed by atoms with Gasteiger partial charge in [-0.3, -0.25) is 4.79 Å². The van der Waals surface area contributed by atoms with Gasteiger partial charge in [0.05, 0.1) is 26.9 Å². The van der Waals surface area contributed by atoms with Crippen molar-refractivity contribution < 1.29 is 26.4 Å². The van der Waals surface area contributed by atoms with Crippen LogP contribution in [0.25, 0.3) is 0 Å². The van der Waals surface area contributed by atoms with Gasteiger partial charge in [-0.25, -0.2) is 0 Å². The van der Waals surface area contributed by atoms with Crippen molar-refractivity contribution >= 4 is 11.6 Å². The number of benzene rings is 2. The second kappa shape index (κ2) is 9.46. The maximum Gasteiger partial charge on any atom is 0.255 e. The Morgan fingerprint density at radius 2 is 1.85 bits per heavy atom. The van der Waals surface area contributed by atoms with Crippen molar-refractivity contribution in [2.24, 2.45) is 0 Å². The molecule has 2 rings (SSSR count). The Bertz CT molecular complexity index is 720. The highest BCUT2D eigenvalue weighted by Crippen LogP contribution is 2.24. The molecule has 0 fully saturated rings. The predicted octanol–water partition coefficient (Wildman–Crippen LogP) is 0.0239. The summed E-state index contributed by atoms with van der Waals surface area (Å²) in [6.07, 6.45) is 0.827. The fraction of sp³-hybridized carbons (Fsp3) is 0.350. The number of halogens is 1. The molecule has 5 nitrogen and oxygen atoms in total. The van der Waals surface area contributed by atoms with Crippen molar-refractivity contribution in [2.45, 2.75) is 26.1 Å². The van der Waals surface area contributed by atoms with Crippen LogP contribution in [0.4, 0.5) is 5.69 Å². The molecule has 0 aliphatic heterocycles. The molecule has 2 aromatic rings. The van der Waals surface area contributed by atoms with Crippen LogP contribution in [-0.2, 0) is 6.54 Å². The van der Waals surface area contributed by atoms with E-state index in [1.54, 1.807) is 7.11 Å². The van der Waals surface area contributed by atoms with Gasteiger partial charge >= 0.3 is 0 Å². The van der Waals surface area contributed by atoms with Crippen molar-refractivity contribution in [3.8, 4) is 5.75 Å². The molecule has 1 atom stereocenters. The van der Waals surface area contributed by atoms with Crippen LogP contribution in [0.3, 0.4) is 0 Å². The van der Waals surface area contributed by atoms with Gasteiger partial charge < -0.3 is 32.7 Å². The molecule has 0 aliphatic carbocycles. The van der Waals surface area contributed by atoms with Crippen LogP contribution < -0.4 is 28.2 Å². The second-order valence-corrected chi connectivity index (χ2v) is 6.78. The number of nitrogens with two attached hydrogens (primary N) is 1. The maximum atomic E-state index is 12.5. The summed E-state index contributed by atoms with van der Waals surface area (Å²) >= 11 is 0. The molecule has 0 bridgehead atoms. The van der Waals surface area contributed by atoms with Gasteiger partial charge in [0.25, 0.3) is 5.91 Å². The summed E-state index contributed by atoms with van der Waals surface area (Å²) in [4.78, 5) is 12.5. The predicted molar refractivity (Wildman–Crippen MR) is 101 cm³/mol. The minimum Gasteiger partial charge on any atom is -1.00 e. The zero-order chi connectivity index (χ0) is 18.4. The highest BCUT2D eigenvalue weighted by Gasteiger charge is 2.29. The van der Waals surface area contributed by atoms with Gasteiger partial charge in [0.2, 0.25) is 0 Å². The lowest BCUT2D eigenvalue weighted by Gasteiger charge is -2.38. The van der Waals surface area contributed by atoms with Gasteiger partial charge in [0.1, 0.15) is 12.3 Å². The summed E-state index contributed by atoms with van der Waals surface area (Å²) in [5.41, 5.74) is 8.42. The van der Waals surface area contributed by atoms with E-state index in [1.807, 2.05) is 48.5 Å². The molecule has 0 heterocycles. The Morgan fingerprint density at radius 3 is 2.38 bits per heavy atom. The van der Waals surface area contributed by atoms with E-state index in [-0.39, 0.29) is 24.5 Å². The average Bonchev–Trinajstić information content (AvgIpc) is 2.59. The molecular weight excluding hydrogens is 350 g/mol. The first-order valence-electron chi connectivity index (χ1n) is 8.48. The normalized spacial score (nSPS) is 12.0. The first kappa shape index (κ1) is 21.8. The molecule has 6 heteroatoms. The lowest BCUT2D eigenvalue weighted by molar-refractivity contribution is -0.930. The quantitative estimate of drug-likeness (QED) is 0.406. The average molecular weight is 378 g/mol. The lowest BCUT2D eigenvalue weighted by atomic mass is 10.1. The number of ether oxygens (including phenoxy) is 1. The summed E-state index contributed by atoms with van der Waals surface area (Å²) in [7, 11) is 5.83. The monoisotopic (exact) mass is 377 g/mol. The molecule has 0 radical (unpaired) electrons. The maximum absolute atomic E-state index is 12.5. The van der Waals surface area contributed by atoms with Crippen LogP contribution in [0.1, 0.15) is 29.3 Å². The fourth-order valence-corrected chi connectivity index (χ4v) is 3.06. The number of quaternary nitrogens is 1. The largest absolute Gasteiger partial charge is 1.00 e. The molecule has 1 unspecified atom stereocenters. The van der Waals surface area contributed by atoms with Crippen molar-refractivity contribution in [3.63, 3.8) is 0 Å². The fourth-order valence-electron chi connectivity index (χ4n) is 3.06. The molecule has 26 heavy (non-hydrogen) atoms. The Balaban J connectivity index is 0.00000338. The first-order chi connectivity index (χ1) is 11.9. The van der Waals surface area contributed by atoms with Gasteiger partial charge in [-0.1, -0.05) is 25.1 Å². The highest BCUT2D eigenvalue weighted by molar-refractivity contribution is 5.94. The number of carbonyl (C=O) groups excluding carboxylic acids is 1. The van der Waals surface area contributed by atoms with E-state index in [0.717, 1.165) is 18.5 Å². The van der Waals surface area contributed by atoms with E-state index in [9.17, 15) is 4.79 Å². The Kier molecular flexibility index (Phi) is 7.93. The van der Waals surface area contributed by atoms with E-state index < -0.39 is 0 Å². The van der Waals surface area contributed by atoms with E-state index in [2.05, 4.69) is 26.3 Å². The number of methoxy groups -OCH3 is 1. The van der Waals surface area contributed by atoms with Crippen molar-refractivity contribution in [1.82, 2.24) is 5.32 Å². The van der Waals surface area contributed by atoms with Crippen LogP contribution >= 0.6 is 0 Å². The smallest absolute Gasteiger partial charge is 0.255 e. The van der Waals surface area contributed by atoms with Crippen LogP contribution in [0.5, 0.6) is 5.75 Å². The lowest BCUT2D eigenvalue weighted by Crippen LogP contribution is -3.00. The molecular formula is C20H28ClN3O2. The van der Waals surface area contributed by atoms with Crippen LogP contribution in [0.2, 0.25) is 0 Å². The summed E-state index contributed by atoms with van der Waals surface area (Å²) < 4.78 is 5.84. The molecule has 0 saturated carbocycles. The van der Waals surface area contributed by atoms with E-state index >= 15 is 0 Å². The SMILES string of the molecule is CCC(NC(=O)c1ccccc1)[N+](C)(C)Cc1ccc(OC)c(N)c1.[Cl-]. The van der Waals surface area contributed by atoms with Gasteiger partial charge in [-0.2, -0.15) is 0 Å². The molecule has 1 amide bonds. The van der Waals surface area contributed by atoms with Crippen molar-refractivity contribution in [3.05, 3.63) is 59.7 Å². The van der Waals surface area contributed by atoms with Gasteiger partial charge in [0, 0.05) is 17.5 Å². The third-order valence-corrected chi connectivity index (χ3v) is 4.45. The molecule has 142 valence electrons. The van der Waals surface area contributed by atoms with Gasteiger partial charge in [-0.05, 0) is 30.3 Å². The number of nitrogen functional groups attached to an aromatic ring is 1. The molecule has 0 spiro atoms. The zero-order valence-electron chi connectivity index (χ0n) is 15.8. The first-order valence-corrected chi connectivity index (χ1v) is 8.48. The number of hydrogen-bond donors (Lipinski definition) is 2.